The molecular formula is C20H22N2O3. The van der Waals surface area contributed by atoms with Crippen LogP contribution in [0.4, 0.5) is 0 Å². The van der Waals surface area contributed by atoms with E-state index < -0.39 is 5.60 Å². The normalized spacial score (nSPS) is 11.6. The zero-order valence-electron chi connectivity index (χ0n) is 14.5. The van der Waals surface area contributed by atoms with Crippen molar-refractivity contribution in [2.75, 3.05) is 6.54 Å². The Labute approximate surface area is 146 Å². The van der Waals surface area contributed by atoms with E-state index in [1.54, 1.807) is 18.7 Å². The van der Waals surface area contributed by atoms with Crippen LogP contribution in [0.2, 0.25) is 0 Å². The molecule has 0 bridgehead atoms. The highest BCUT2D eigenvalue weighted by molar-refractivity contribution is 5.86. The summed E-state index contributed by atoms with van der Waals surface area (Å²) in [7, 11) is 0. The molecule has 1 heterocycles. The van der Waals surface area contributed by atoms with E-state index in [9.17, 15) is 9.90 Å². The van der Waals surface area contributed by atoms with E-state index in [0.29, 0.717) is 17.8 Å². The molecule has 5 heteroatoms. The number of aromatic nitrogens is 1. The van der Waals surface area contributed by atoms with Gasteiger partial charge in [-0.25, -0.2) is 0 Å². The average Bonchev–Trinajstić information content (AvgIpc) is 2.97. The van der Waals surface area contributed by atoms with Crippen LogP contribution in [0.1, 0.15) is 25.1 Å². The number of carbonyl (C=O) groups is 1. The van der Waals surface area contributed by atoms with Crippen LogP contribution in [0, 0.1) is 0 Å². The van der Waals surface area contributed by atoms with Gasteiger partial charge < -0.3 is 14.5 Å². The van der Waals surface area contributed by atoms with E-state index in [1.807, 2.05) is 54.6 Å². The van der Waals surface area contributed by atoms with E-state index in [1.165, 1.54) is 0 Å². The molecule has 0 radical (unpaired) electrons. The summed E-state index contributed by atoms with van der Waals surface area (Å²) in [4.78, 5) is 14.5. The van der Waals surface area contributed by atoms with Gasteiger partial charge >= 0.3 is 0 Å². The van der Waals surface area contributed by atoms with Gasteiger partial charge in [-0.05, 0) is 31.5 Å². The van der Waals surface area contributed by atoms with Crippen molar-refractivity contribution >= 4 is 16.9 Å². The van der Waals surface area contributed by atoms with Gasteiger partial charge in [0.1, 0.15) is 5.69 Å². The largest absolute Gasteiger partial charge is 0.389 e. The minimum absolute atomic E-state index is 0.0926. The average molecular weight is 338 g/mol. The number of hydrogen-bond acceptors (Lipinski definition) is 4. The molecule has 130 valence electrons. The Balaban J connectivity index is 1.80. The van der Waals surface area contributed by atoms with Crippen LogP contribution in [-0.2, 0) is 17.8 Å². The van der Waals surface area contributed by atoms with E-state index in [2.05, 4.69) is 5.16 Å². The maximum atomic E-state index is 12.9. The molecule has 0 spiro atoms. The fourth-order valence-corrected chi connectivity index (χ4v) is 2.82. The van der Waals surface area contributed by atoms with Crippen molar-refractivity contribution in [3.63, 3.8) is 0 Å². The molecule has 0 saturated carbocycles. The second-order valence-corrected chi connectivity index (χ2v) is 6.85. The molecule has 0 aliphatic carbocycles. The van der Waals surface area contributed by atoms with Crippen LogP contribution in [0.5, 0.6) is 0 Å². The minimum Gasteiger partial charge on any atom is -0.389 e. The van der Waals surface area contributed by atoms with Crippen molar-refractivity contribution in [1.82, 2.24) is 10.1 Å². The van der Waals surface area contributed by atoms with Crippen molar-refractivity contribution in [2.45, 2.75) is 32.4 Å². The lowest BCUT2D eigenvalue weighted by atomic mass is 10.1. The van der Waals surface area contributed by atoms with Crippen LogP contribution in [0.15, 0.2) is 59.1 Å². The van der Waals surface area contributed by atoms with Crippen molar-refractivity contribution in [1.29, 1.82) is 0 Å². The van der Waals surface area contributed by atoms with Crippen LogP contribution < -0.4 is 0 Å². The first-order chi connectivity index (χ1) is 11.9. The summed E-state index contributed by atoms with van der Waals surface area (Å²) >= 11 is 0. The second kappa shape index (κ2) is 7.07. The van der Waals surface area contributed by atoms with Crippen molar-refractivity contribution in [3.05, 3.63) is 65.9 Å². The number of hydrogen-bond donors (Lipinski definition) is 1. The third-order valence-electron chi connectivity index (χ3n) is 3.92. The number of benzene rings is 2. The molecule has 2 aromatic carbocycles. The smallest absolute Gasteiger partial charge is 0.229 e. The zero-order valence-corrected chi connectivity index (χ0v) is 14.5. The van der Waals surface area contributed by atoms with E-state index >= 15 is 0 Å². The molecule has 0 atom stereocenters. The highest BCUT2D eigenvalue weighted by Crippen LogP contribution is 2.20. The lowest BCUT2D eigenvalue weighted by Gasteiger charge is -2.29. The molecule has 0 unspecified atom stereocenters. The first-order valence-corrected chi connectivity index (χ1v) is 8.30. The molecule has 3 aromatic rings. The van der Waals surface area contributed by atoms with E-state index in [0.717, 1.165) is 10.9 Å². The van der Waals surface area contributed by atoms with E-state index in [-0.39, 0.29) is 18.9 Å². The number of amides is 1. The second-order valence-electron chi connectivity index (χ2n) is 6.85. The minimum atomic E-state index is -0.976. The summed E-state index contributed by atoms with van der Waals surface area (Å²) in [5.41, 5.74) is 1.33. The summed E-state index contributed by atoms with van der Waals surface area (Å²) in [6, 6.07) is 17.2. The third kappa shape index (κ3) is 4.45. The van der Waals surface area contributed by atoms with Crippen molar-refractivity contribution in [3.8, 4) is 0 Å². The number of rotatable bonds is 6. The predicted octanol–water partition coefficient (Wildman–Crippen LogP) is 3.17. The Bertz CT molecular complexity index is 850. The molecule has 0 saturated heterocycles. The molecule has 1 N–H and O–H groups in total. The molecule has 25 heavy (non-hydrogen) atoms. The Morgan fingerprint density at radius 2 is 1.80 bits per heavy atom. The Kier molecular flexibility index (Phi) is 4.86. The van der Waals surface area contributed by atoms with Crippen LogP contribution >= 0.6 is 0 Å². The number of aliphatic hydroxyl groups is 1. The maximum Gasteiger partial charge on any atom is 0.229 e. The van der Waals surface area contributed by atoms with Crippen LogP contribution in [0.3, 0.4) is 0 Å². The summed E-state index contributed by atoms with van der Waals surface area (Å²) in [6.45, 7) is 4.09. The molecular weight excluding hydrogens is 316 g/mol. The Hall–Kier alpha value is -2.66. The van der Waals surface area contributed by atoms with Crippen LogP contribution in [-0.4, -0.2) is 33.2 Å². The number of fused-ring (bicyclic) bond motifs is 1. The Morgan fingerprint density at radius 3 is 2.52 bits per heavy atom. The monoisotopic (exact) mass is 338 g/mol. The summed E-state index contributed by atoms with van der Waals surface area (Å²) in [6.07, 6.45) is 0.139. The fourth-order valence-electron chi connectivity index (χ4n) is 2.82. The number of carbonyl (C=O) groups excluding carboxylic acids is 1. The van der Waals surface area contributed by atoms with Gasteiger partial charge in [-0.1, -0.05) is 47.6 Å². The quantitative estimate of drug-likeness (QED) is 0.750. The topological polar surface area (TPSA) is 66.6 Å². The molecule has 5 nitrogen and oxygen atoms in total. The molecule has 0 aliphatic heterocycles. The first-order valence-electron chi connectivity index (χ1n) is 8.30. The highest BCUT2D eigenvalue weighted by Gasteiger charge is 2.24. The SMILES string of the molecule is CC(C)(O)CN(Cc1ccccc1)C(=O)Cc1noc2ccccc12. The molecule has 1 aromatic heterocycles. The van der Waals surface area contributed by atoms with Gasteiger partial charge in [-0.15, -0.1) is 0 Å². The van der Waals surface area contributed by atoms with Gasteiger partial charge in [0.15, 0.2) is 5.58 Å². The first kappa shape index (κ1) is 17.2. The third-order valence-corrected chi connectivity index (χ3v) is 3.92. The fraction of sp³-hybridized carbons (Fsp3) is 0.300. The maximum absolute atomic E-state index is 12.9. The Morgan fingerprint density at radius 1 is 1.12 bits per heavy atom. The standard InChI is InChI=1S/C20H22N2O3/c1-20(2,24)14-22(13-15-8-4-3-5-9-15)19(23)12-17-16-10-6-7-11-18(16)25-21-17/h3-11,24H,12-14H2,1-2H3. The van der Waals surface area contributed by atoms with Gasteiger partial charge in [0.25, 0.3) is 0 Å². The highest BCUT2D eigenvalue weighted by atomic mass is 16.5. The summed E-state index contributed by atoms with van der Waals surface area (Å²) in [5.74, 6) is -0.0926. The molecule has 0 fully saturated rings. The van der Waals surface area contributed by atoms with Gasteiger partial charge in [-0.3, -0.25) is 4.79 Å². The van der Waals surface area contributed by atoms with Gasteiger partial charge in [-0.2, -0.15) is 0 Å². The predicted molar refractivity (Wildman–Crippen MR) is 95.9 cm³/mol. The number of nitrogens with zero attached hydrogens (tertiary/aromatic N) is 2. The lowest BCUT2D eigenvalue weighted by molar-refractivity contribution is -0.134. The molecule has 1 amide bonds. The molecule has 3 rings (SSSR count). The zero-order chi connectivity index (χ0) is 17.9. The molecule has 0 aliphatic rings. The van der Waals surface area contributed by atoms with Gasteiger partial charge in [0.2, 0.25) is 5.91 Å². The van der Waals surface area contributed by atoms with Crippen molar-refractivity contribution in [2.24, 2.45) is 0 Å². The van der Waals surface area contributed by atoms with E-state index in [4.69, 9.17) is 4.52 Å². The lowest BCUT2D eigenvalue weighted by Crippen LogP contribution is -2.42. The number of para-hydroxylation sites is 1. The van der Waals surface area contributed by atoms with Crippen molar-refractivity contribution < 1.29 is 14.4 Å². The summed E-state index contributed by atoms with van der Waals surface area (Å²) in [5, 5.41) is 15.1. The van der Waals surface area contributed by atoms with Gasteiger partial charge in [0.05, 0.1) is 12.0 Å². The van der Waals surface area contributed by atoms with Crippen LogP contribution in [0.25, 0.3) is 11.0 Å². The van der Waals surface area contributed by atoms with Gasteiger partial charge in [0, 0.05) is 18.5 Å². The summed E-state index contributed by atoms with van der Waals surface area (Å²) < 4.78 is 5.28.